The van der Waals surface area contributed by atoms with Gasteiger partial charge in [0.05, 0.1) is 19.5 Å². The molecule has 194 valence electrons. The number of likely N-dealkylation sites (tertiary alicyclic amines) is 1. The molecule has 1 aromatic heterocycles. The number of amides is 2. The predicted molar refractivity (Wildman–Crippen MR) is 143 cm³/mol. The summed E-state index contributed by atoms with van der Waals surface area (Å²) in [6.07, 6.45) is 5.92. The van der Waals surface area contributed by atoms with Crippen LogP contribution in [0.2, 0.25) is 0 Å². The van der Waals surface area contributed by atoms with Gasteiger partial charge in [-0.2, -0.15) is 0 Å². The van der Waals surface area contributed by atoms with Crippen LogP contribution < -0.4 is 11.1 Å². The SMILES string of the molecule is CC.C[C@@H]1CCCN1C(=O)[C@H](c1ccccc1)n1cnc(NC=O)c1.NCCOCc1ccccc1. The Morgan fingerprint density at radius 2 is 1.83 bits per heavy atom. The highest BCUT2D eigenvalue weighted by Gasteiger charge is 2.32. The third-order valence-corrected chi connectivity index (χ3v) is 5.67. The van der Waals surface area contributed by atoms with E-state index in [9.17, 15) is 9.59 Å². The van der Waals surface area contributed by atoms with Crippen LogP contribution in [0.5, 0.6) is 0 Å². The molecule has 2 amide bonds. The van der Waals surface area contributed by atoms with E-state index in [4.69, 9.17) is 10.5 Å². The minimum Gasteiger partial charge on any atom is -0.375 e. The summed E-state index contributed by atoms with van der Waals surface area (Å²) in [5, 5.41) is 2.51. The molecule has 0 unspecified atom stereocenters. The number of nitrogens with zero attached hydrogens (tertiary/aromatic N) is 3. The van der Waals surface area contributed by atoms with Crippen molar-refractivity contribution in [3.05, 3.63) is 84.3 Å². The van der Waals surface area contributed by atoms with E-state index in [1.165, 1.54) is 5.56 Å². The number of imidazole rings is 1. The number of nitrogens with two attached hydrogens (primary N) is 1. The maximum atomic E-state index is 13.1. The first-order valence-corrected chi connectivity index (χ1v) is 12.5. The second-order valence-electron chi connectivity index (χ2n) is 8.13. The van der Waals surface area contributed by atoms with Gasteiger partial charge in [0.15, 0.2) is 5.82 Å². The number of carbonyl (C=O) groups is 2. The van der Waals surface area contributed by atoms with Gasteiger partial charge < -0.3 is 25.3 Å². The van der Waals surface area contributed by atoms with Crippen LogP contribution in [-0.4, -0.2) is 52.5 Å². The van der Waals surface area contributed by atoms with Crippen LogP contribution in [0.25, 0.3) is 0 Å². The Hall–Kier alpha value is -3.49. The minimum atomic E-state index is -0.466. The molecule has 4 rings (SSSR count). The molecule has 3 aromatic rings. The lowest BCUT2D eigenvalue weighted by Crippen LogP contribution is -2.39. The Morgan fingerprint density at radius 3 is 2.42 bits per heavy atom. The minimum absolute atomic E-state index is 0.0660. The van der Waals surface area contributed by atoms with Gasteiger partial charge in [0.2, 0.25) is 6.41 Å². The van der Waals surface area contributed by atoms with Crippen LogP contribution in [0.15, 0.2) is 73.2 Å². The monoisotopic (exact) mass is 493 g/mol. The second-order valence-corrected chi connectivity index (χ2v) is 8.13. The molecule has 1 aliphatic heterocycles. The van der Waals surface area contributed by atoms with Crippen LogP contribution in [-0.2, 0) is 20.9 Å². The van der Waals surface area contributed by atoms with Crippen molar-refractivity contribution in [3.8, 4) is 0 Å². The number of carbonyl (C=O) groups excluding carboxylic acids is 2. The van der Waals surface area contributed by atoms with E-state index >= 15 is 0 Å². The summed E-state index contributed by atoms with van der Waals surface area (Å²) < 4.78 is 7.00. The van der Waals surface area contributed by atoms with Crippen LogP contribution in [0.1, 0.15) is 50.8 Å². The maximum absolute atomic E-state index is 13.1. The Labute approximate surface area is 214 Å². The van der Waals surface area contributed by atoms with Crippen molar-refractivity contribution >= 4 is 18.1 Å². The molecule has 3 N–H and O–H groups in total. The molecule has 1 fully saturated rings. The molecule has 8 nitrogen and oxygen atoms in total. The summed E-state index contributed by atoms with van der Waals surface area (Å²) >= 11 is 0. The first-order chi connectivity index (χ1) is 17.6. The summed E-state index contributed by atoms with van der Waals surface area (Å²) in [4.78, 5) is 29.8. The van der Waals surface area contributed by atoms with Crippen molar-refractivity contribution in [1.29, 1.82) is 0 Å². The average Bonchev–Trinajstić information content (AvgIpc) is 3.56. The normalized spacial score (nSPS) is 15.1. The first kappa shape index (κ1) is 28.7. The van der Waals surface area contributed by atoms with Crippen molar-refractivity contribution in [2.24, 2.45) is 5.73 Å². The van der Waals surface area contributed by atoms with E-state index in [1.807, 2.05) is 79.4 Å². The zero-order chi connectivity index (χ0) is 26.2. The summed E-state index contributed by atoms with van der Waals surface area (Å²) in [5.41, 5.74) is 7.37. The quantitative estimate of drug-likeness (QED) is 0.343. The summed E-state index contributed by atoms with van der Waals surface area (Å²) in [6.45, 7) is 8.76. The summed E-state index contributed by atoms with van der Waals surface area (Å²) in [7, 11) is 0. The highest BCUT2D eigenvalue weighted by molar-refractivity contribution is 5.84. The van der Waals surface area contributed by atoms with Gasteiger partial charge in [-0.1, -0.05) is 74.5 Å². The molecule has 36 heavy (non-hydrogen) atoms. The molecule has 2 heterocycles. The van der Waals surface area contributed by atoms with Crippen LogP contribution >= 0.6 is 0 Å². The fraction of sp³-hybridized carbons (Fsp3) is 0.393. The van der Waals surface area contributed by atoms with Crippen molar-refractivity contribution < 1.29 is 14.3 Å². The van der Waals surface area contributed by atoms with Gasteiger partial charge in [-0.3, -0.25) is 9.59 Å². The molecule has 0 radical (unpaired) electrons. The van der Waals surface area contributed by atoms with E-state index in [1.54, 1.807) is 17.1 Å². The third-order valence-electron chi connectivity index (χ3n) is 5.67. The van der Waals surface area contributed by atoms with E-state index in [0.29, 0.717) is 32.0 Å². The lowest BCUT2D eigenvalue weighted by atomic mass is 10.0. The van der Waals surface area contributed by atoms with Gasteiger partial charge in [0, 0.05) is 25.3 Å². The molecule has 0 aliphatic carbocycles. The maximum Gasteiger partial charge on any atom is 0.250 e. The van der Waals surface area contributed by atoms with E-state index in [2.05, 4.69) is 17.2 Å². The van der Waals surface area contributed by atoms with Crippen molar-refractivity contribution in [1.82, 2.24) is 14.5 Å². The molecular formula is C28H39N5O3. The largest absolute Gasteiger partial charge is 0.375 e. The Morgan fingerprint density at radius 1 is 1.17 bits per heavy atom. The molecular weight excluding hydrogens is 454 g/mol. The van der Waals surface area contributed by atoms with Crippen molar-refractivity contribution in [2.45, 2.75) is 52.3 Å². The van der Waals surface area contributed by atoms with Crippen LogP contribution in [0.4, 0.5) is 5.82 Å². The Bertz CT molecular complexity index is 1010. The van der Waals surface area contributed by atoms with Crippen LogP contribution in [0, 0.1) is 0 Å². The topological polar surface area (TPSA) is 102 Å². The number of hydrogen-bond donors (Lipinski definition) is 2. The number of rotatable bonds is 9. The van der Waals surface area contributed by atoms with Gasteiger partial charge in [0.25, 0.3) is 5.91 Å². The van der Waals surface area contributed by atoms with Crippen LogP contribution in [0.3, 0.4) is 0 Å². The predicted octanol–water partition coefficient (Wildman–Crippen LogP) is 4.24. The van der Waals surface area contributed by atoms with E-state index < -0.39 is 6.04 Å². The highest BCUT2D eigenvalue weighted by atomic mass is 16.5. The Balaban J connectivity index is 0.000000295. The fourth-order valence-electron chi connectivity index (χ4n) is 3.96. The number of hydrogen-bond acceptors (Lipinski definition) is 5. The van der Waals surface area contributed by atoms with Gasteiger partial charge >= 0.3 is 0 Å². The van der Waals surface area contributed by atoms with E-state index in [-0.39, 0.29) is 11.9 Å². The standard InChI is InChI=1S/C17H20N4O2.C9H13NO.C2H6/c1-13-6-5-9-21(13)17(23)16(14-7-3-2-4-8-14)20-10-15(18-11-20)19-12-22;10-6-7-11-8-9-4-2-1-3-5-9;1-2/h2-4,7-8,10-13,16H,5-6,9H2,1H3,(H,19,22);1-5H,6-8,10H2;1-2H3/t13-,16+;;/m1../s1. The zero-order valence-electron chi connectivity index (χ0n) is 21.5. The number of aromatic nitrogens is 2. The number of ether oxygens (including phenoxy) is 1. The van der Waals surface area contributed by atoms with Gasteiger partial charge in [-0.15, -0.1) is 0 Å². The van der Waals surface area contributed by atoms with Gasteiger partial charge in [0.1, 0.15) is 6.04 Å². The number of anilines is 1. The average molecular weight is 494 g/mol. The molecule has 1 saturated heterocycles. The summed E-state index contributed by atoms with van der Waals surface area (Å²) in [5.74, 6) is 0.499. The molecule has 0 saturated carbocycles. The highest BCUT2D eigenvalue weighted by Crippen LogP contribution is 2.26. The smallest absolute Gasteiger partial charge is 0.250 e. The van der Waals surface area contributed by atoms with E-state index in [0.717, 1.165) is 24.9 Å². The summed E-state index contributed by atoms with van der Waals surface area (Å²) in [6, 6.07) is 19.5. The lowest BCUT2D eigenvalue weighted by Gasteiger charge is -2.27. The second kappa shape index (κ2) is 16.2. The van der Waals surface area contributed by atoms with Crippen molar-refractivity contribution in [2.75, 3.05) is 25.0 Å². The number of nitrogens with one attached hydrogen (secondary N) is 1. The third kappa shape index (κ3) is 8.62. The molecule has 2 aromatic carbocycles. The molecule has 2 atom stereocenters. The zero-order valence-corrected chi connectivity index (χ0v) is 21.5. The molecule has 0 spiro atoms. The number of benzene rings is 2. The lowest BCUT2D eigenvalue weighted by molar-refractivity contribution is -0.134. The van der Waals surface area contributed by atoms with Gasteiger partial charge in [-0.05, 0) is 30.9 Å². The fourth-order valence-corrected chi connectivity index (χ4v) is 3.96. The first-order valence-electron chi connectivity index (χ1n) is 12.5. The molecule has 8 heteroatoms. The van der Waals surface area contributed by atoms with Gasteiger partial charge in [-0.25, -0.2) is 4.98 Å². The molecule has 1 aliphatic rings. The van der Waals surface area contributed by atoms with Crippen molar-refractivity contribution in [3.63, 3.8) is 0 Å². The molecule has 0 bridgehead atoms. The Kier molecular flexibility index (Phi) is 13.0.